The third-order valence-corrected chi connectivity index (χ3v) is 0.763. The summed E-state index contributed by atoms with van der Waals surface area (Å²) in [4.78, 5) is 2.05. The molecule has 0 aliphatic carbocycles. The molecule has 88 valence electrons. The van der Waals surface area contributed by atoms with Gasteiger partial charge >= 0.3 is 0 Å². The predicted molar refractivity (Wildman–Crippen MR) is 58.8 cm³/mol. The third kappa shape index (κ3) is 85.1. The van der Waals surface area contributed by atoms with Crippen LogP contribution in [0.4, 0.5) is 0 Å². The van der Waals surface area contributed by atoms with Gasteiger partial charge in [0, 0.05) is 78.7 Å². The predicted octanol–water partition coefficient (Wildman–Crippen LogP) is 0.669. The molecule has 0 saturated heterocycles. The van der Waals surface area contributed by atoms with Gasteiger partial charge in [-0.1, -0.05) is 0 Å². The summed E-state index contributed by atoms with van der Waals surface area (Å²) in [7, 11) is 7.91. The van der Waals surface area contributed by atoms with Gasteiger partial charge < -0.3 is 15.3 Å². The maximum absolute atomic E-state index is 8.90. The van der Waals surface area contributed by atoms with E-state index in [0.717, 1.165) is 13.0 Å². The first-order chi connectivity index (χ1) is 6.10. The molecule has 2 radical (unpaired) electrons. The Morgan fingerprint density at radius 3 is 1.60 bits per heavy atom. The number of rotatable bonds is 3. The van der Waals surface area contributed by atoms with Gasteiger partial charge in [-0.2, -0.15) is 0 Å². The number of hydrogen-bond donors (Lipinski definition) is 2. The van der Waals surface area contributed by atoms with E-state index in [1.165, 1.54) is 0 Å². The molecule has 0 atom stereocenters. The first-order valence-electron chi connectivity index (χ1n) is 4.16. The number of nitrogens with zero attached hydrogens (tertiary/aromatic N) is 1. The van der Waals surface area contributed by atoms with Crippen LogP contribution in [0.5, 0.6) is 0 Å². The molecule has 2 N–H and O–H groups in total. The first-order valence-corrected chi connectivity index (χ1v) is 5.42. The minimum absolute atomic E-state index is 0. The zero-order chi connectivity index (χ0) is 11.1. The molecule has 0 fully saturated rings. The van der Waals surface area contributed by atoms with Gasteiger partial charge in [0.15, 0.2) is 8.46 Å². The summed E-state index contributed by atoms with van der Waals surface area (Å²) in [5.74, 6) is 0. The van der Waals surface area contributed by atoms with Crippen molar-refractivity contribution in [2.75, 3.05) is 48.0 Å². The minimum atomic E-state index is 0. The smallest absolute Gasteiger partial charge is 0.151 e. The second-order valence-corrected chi connectivity index (χ2v) is 2.93. The van der Waals surface area contributed by atoms with Crippen molar-refractivity contribution in [1.82, 2.24) is 10.2 Å². The molecule has 0 aliphatic heterocycles. The Balaban J connectivity index is -0.0000000361. The maximum atomic E-state index is 8.90. The van der Waals surface area contributed by atoms with Crippen LogP contribution in [0, 0.1) is 0 Å². The van der Waals surface area contributed by atoms with Crippen molar-refractivity contribution in [2.45, 2.75) is 6.42 Å². The largest absolute Gasteiger partial charge is 0.396 e. The van der Waals surface area contributed by atoms with E-state index in [4.69, 9.17) is 9.67 Å². The molecule has 0 amide bonds. The van der Waals surface area contributed by atoms with Crippen molar-refractivity contribution < 1.29 is 75.1 Å². The fourth-order valence-electron chi connectivity index (χ4n) is 0.387. The maximum Gasteiger partial charge on any atom is 0.151 e. The molecule has 0 aromatic rings. The quantitative estimate of drug-likeness (QED) is 0.699. The van der Waals surface area contributed by atoms with Crippen molar-refractivity contribution in [3.8, 4) is 0 Å². The van der Waals surface area contributed by atoms with E-state index in [1.807, 2.05) is 28.2 Å². The van der Waals surface area contributed by atoms with Crippen molar-refractivity contribution in [3.05, 3.63) is 0 Å². The normalized spacial score (nSPS) is 7.40. The molecule has 0 aromatic carbocycles. The number of aliphatic hydroxyl groups is 1. The monoisotopic (exact) mass is 388 g/mol. The Hall–Kier alpha value is 2.19. The average Bonchev–Trinajstić information content (AvgIpc) is 2.04. The minimum Gasteiger partial charge on any atom is -0.396 e. The second-order valence-electron chi connectivity index (χ2n) is 2.56. The Labute approximate surface area is 146 Å². The van der Waals surface area contributed by atoms with Crippen LogP contribution in [0.1, 0.15) is 6.42 Å². The molecule has 0 saturated carbocycles. The zero-order valence-electron chi connectivity index (χ0n) is 10.5. The first kappa shape index (κ1) is 30.3. The van der Waals surface area contributed by atoms with Crippen LogP contribution < -0.4 is 5.32 Å². The summed E-state index contributed by atoms with van der Waals surface area (Å²) >= 11 is 0. The molecular weight excluding hydrogens is 365 g/mol. The van der Waals surface area contributed by atoms with Gasteiger partial charge in [-0.25, -0.2) is 0 Å². The van der Waals surface area contributed by atoms with E-state index in [2.05, 4.69) is 10.2 Å². The van der Waals surface area contributed by atoms with Gasteiger partial charge in [0.1, 0.15) is 0 Å². The van der Waals surface area contributed by atoms with Gasteiger partial charge in [-0.3, -0.25) is 4.57 Å². The topological polar surface area (TPSA) is 52.6 Å². The summed E-state index contributed by atoms with van der Waals surface area (Å²) in [6.07, 6.45) is 0.882. The van der Waals surface area contributed by atoms with Crippen molar-refractivity contribution >= 4 is 8.46 Å². The van der Waals surface area contributed by atoms with Crippen LogP contribution in [-0.2, 0) is 70.0 Å². The van der Waals surface area contributed by atoms with E-state index in [1.54, 1.807) is 6.66 Å². The van der Waals surface area contributed by atoms with Gasteiger partial charge in [0.25, 0.3) is 0 Å². The summed E-state index contributed by atoms with van der Waals surface area (Å²) in [5, 5.41) is 11.0. The Morgan fingerprint density at radius 2 is 1.53 bits per heavy atom. The van der Waals surface area contributed by atoms with Crippen LogP contribution in [0.25, 0.3) is 0 Å². The molecule has 4 nitrogen and oxygen atoms in total. The standard InChI is InChI=1S/C5H13NO.C2H7N.CH3OP.2Y/c1-6(2)4-3-5-7;2*1-3-2;;/h7H,3-5H2,1-2H3;3H,1-2H3;1H3;;. The Morgan fingerprint density at radius 1 is 1.27 bits per heavy atom. The molecule has 7 heteroatoms. The number of nitrogens with one attached hydrogen (secondary N) is 1. The van der Waals surface area contributed by atoms with Crippen molar-refractivity contribution in [2.24, 2.45) is 0 Å². The van der Waals surface area contributed by atoms with Crippen LogP contribution in [0.15, 0.2) is 0 Å². The molecule has 0 unspecified atom stereocenters. The summed E-state index contributed by atoms with van der Waals surface area (Å²) in [5.41, 5.74) is 0. The van der Waals surface area contributed by atoms with Crippen LogP contribution in [-0.4, -0.2) is 58.0 Å². The van der Waals surface area contributed by atoms with Gasteiger partial charge in [-0.15, -0.1) is 0 Å². The molecular formula is C8H23N2O2PY2. The fourth-order valence-corrected chi connectivity index (χ4v) is 0.387. The van der Waals surface area contributed by atoms with Crippen molar-refractivity contribution in [1.29, 1.82) is 0 Å². The van der Waals surface area contributed by atoms with E-state index >= 15 is 0 Å². The van der Waals surface area contributed by atoms with Gasteiger partial charge in [0.05, 0.1) is 0 Å². The van der Waals surface area contributed by atoms with Crippen molar-refractivity contribution in [3.63, 3.8) is 0 Å². The Bertz CT molecular complexity index is 91.0. The second kappa shape index (κ2) is 36.0. The van der Waals surface area contributed by atoms with E-state index in [0.29, 0.717) is 6.61 Å². The summed E-state index contributed by atoms with van der Waals surface area (Å²) in [6, 6.07) is 0. The van der Waals surface area contributed by atoms with E-state index in [-0.39, 0.29) is 73.9 Å². The number of hydrogen-bond acceptors (Lipinski definition) is 4. The molecule has 0 aliphatic rings. The van der Waals surface area contributed by atoms with Gasteiger partial charge in [-0.05, 0) is 41.2 Å². The van der Waals surface area contributed by atoms with E-state index in [9.17, 15) is 0 Å². The molecule has 0 heterocycles. The van der Waals surface area contributed by atoms with Gasteiger partial charge in [0.2, 0.25) is 0 Å². The summed E-state index contributed by atoms with van der Waals surface area (Å²) < 4.78 is 8.90. The third-order valence-electron chi connectivity index (χ3n) is 0.763. The number of aliphatic hydroxyl groups excluding tert-OH is 1. The molecule has 0 bridgehead atoms. The van der Waals surface area contributed by atoms with Crippen LogP contribution >= 0.6 is 8.46 Å². The van der Waals surface area contributed by atoms with Crippen LogP contribution in [0.3, 0.4) is 0 Å². The molecule has 0 rings (SSSR count). The molecule has 0 spiro atoms. The SMILES string of the molecule is CN(C)CCCO.CNC.CP=O.[Y].[Y]. The summed E-state index contributed by atoms with van der Waals surface area (Å²) in [6.45, 7) is 2.83. The fraction of sp³-hybridized carbons (Fsp3) is 1.00. The average molecular weight is 388 g/mol. The van der Waals surface area contributed by atoms with Crippen LogP contribution in [0.2, 0.25) is 0 Å². The zero-order valence-corrected chi connectivity index (χ0v) is 17.1. The molecule has 15 heavy (non-hydrogen) atoms. The Kier molecular flexibility index (Phi) is 72.7. The van der Waals surface area contributed by atoms with E-state index < -0.39 is 0 Å². The molecule has 0 aromatic heterocycles.